The normalized spacial score (nSPS) is 12.9. The van der Waals surface area contributed by atoms with E-state index in [4.69, 9.17) is 4.74 Å². The maximum absolute atomic E-state index is 5.64. The molecule has 2 heteroatoms. The largest absolute Gasteiger partial charge is 0.376 e. The molecule has 0 aliphatic heterocycles. The van der Waals surface area contributed by atoms with E-state index in [-0.39, 0.29) is 5.60 Å². The third-order valence-electron chi connectivity index (χ3n) is 2.03. The minimum atomic E-state index is 0.0519. The Morgan fingerprint density at radius 3 is 2.15 bits per heavy atom. The third-order valence-corrected chi connectivity index (χ3v) is 3.24. The summed E-state index contributed by atoms with van der Waals surface area (Å²) in [5, 5.41) is 0. The number of hydrogen-bond acceptors (Lipinski definition) is 1. The standard InChI is InChI=1S/C11H26OSi/c1-11(2,3)12-9-7-5-6-8-10-13-4/h5-10,13H2,1-4H3. The molecule has 0 aliphatic rings. The van der Waals surface area contributed by atoms with Crippen molar-refractivity contribution >= 4 is 9.52 Å². The summed E-state index contributed by atoms with van der Waals surface area (Å²) in [4.78, 5) is 0. The fourth-order valence-corrected chi connectivity index (χ4v) is 2.11. The minimum Gasteiger partial charge on any atom is -0.376 e. The Balaban J connectivity index is 3.00. The average Bonchev–Trinajstić information content (AvgIpc) is 2.01. The van der Waals surface area contributed by atoms with E-state index < -0.39 is 0 Å². The first kappa shape index (κ1) is 13.2. The zero-order valence-electron chi connectivity index (χ0n) is 9.86. The smallest absolute Gasteiger partial charge is 0.0598 e. The molecule has 0 aromatic carbocycles. The molecule has 0 radical (unpaired) electrons. The lowest BCUT2D eigenvalue weighted by molar-refractivity contribution is -0.00471. The van der Waals surface area contributed by atoms with Crippen molar-refractivity contribution in [1.82, 2.24) is 0 Å². The molecule has 0 unspecified atom stereocenters. The number of ether oxygens (including phenoxy) is 1. The van der Waals surface area contributed by atoms with E-state index in [9.17, 15) is 0 Å². The highest BCUT2D eigenvalue weighted by Crippen LogP contribution is 2.09. The number of rotatable bonds is 7. The molecule has 0 spiro atoms. The van der Waals surface area contributed by atoms with Crippen molar-refractivity contribution < 1.29 is 4.74 Å². The summed E-state index contributed by atoms with van der Waals surface area (Å²) < 4.78 is 5.64. The molecule has 0 amide bonds. The van der Waals surface area contributed by atoms with E-state index in [2.05, 4.69) is 27.3 Å². The van der Waals surface area contributed by atoms with Crippen LogP contribution in [0, 0.1) is 0 Å². The van der Waals surface area contributed by atoms with Gasteiger partial charge in [0.2, 0.25) is 0 Å². The molecule has 0 aliphatic carbocycles. The Labute approximate surface area is 86.1 Å². The molecule has 0 aromatic heterocycles. The van der Waals surface area contributed by atoms with E-state index in [1.54, 1.807) is 0 Å². The van der Waals surface area contributed by atoms with Gasteiger partial charge in [-0.3, -0.25) is 0 Å². The third kappa shape index (κ3) is 12.2. The van der Waals surface area contributed by atoms with Gasteiger partial charge in [-0.15, -0.1) is 0 Å². The lowest BCUT2D eigenvalue weighted by atomic mass is 10.2. The van der Waals surface area contributed by atoms with Gasteiger partial charge in [0.15, 0.2) is 0 Å². The maximum atomic E-state index is 5.64. The second-order valence-corrected chi connectivity index (χ2v) is 6.44. The summed E-state index contributed by atoms with van der Waals surface area (Å²) in [5.41, 5.74) is 0.0519. The van der Waals surface area contributed by atoms with E-state index in [0.29, 0.717) is 9.52 Å². The predicted octanol–water partition coefficient (Wildman–Crippen LogP) is 3.00. The molecule has 0 aromatic rings. The van der Waals surface area contributed by atoms with Crippen LogP contribution in [-0.4, -0.2) is 21.7 Å². The van der Waals surface area contributed by atoms with Crippen LogP contribution in [0.3, 0.4) is 0 Å². The molecule has 1 nitrogen and oxygen atoms in total. The van der Waals surface area contributed by atoms with Gasteiger partial charge in [-0.25, -0.2) is 0 Å². The molecule has 0 saturated carbocycles. The zero-order chi connectivity index (χ0) is 10.2. The average molecular weight is 202 g/mol. The van der Waals surface area contributed by atoms with Crippen LogP contribution in [-0.2, 0) is 4.74 Å². The van der Waals surface area contributed by atoms with Gasteiger partial charge in [0.1, 0.15) is 0 Å². The summed E-state index contributed by atoms with van der Waals surface area (Å²) >= 11 is 0. The molecule has 80 valence electrons. The lowest BCUT2D eigenvalue weighted by Gasteiger charge is -2.19. The van der Waals surface area contributed by atoms with Crippen LogP contribution in [0.25, 0.3) is 0 Å². The molecule has 0 atom stereocenters. The summed E-state index contributed by atoms with van der Waals surface area (Å²) in [5.74, 6) is 0. The highest BCUT2D eigenvalue weighted by Gasteiger charge is 2.08. The molecular formula is C11H26OSi. The van der Waals surface area contributed by atoms with Gasteiger partial charge in [0.05, 0.1) is 5.60 Å². The quantitative estimate of drug-likeness (QED) is 0.455. The van der Waals surface area contributed by atoms with E-state index in [1.807, 2.05) is 0 Å². The Morgan fingerprint density at radius 2 is 1.62 bits per heavy atom. The first-order chi connectivity index (χ1) is 6.06. The summed E-state index contributed by atoms with van der Waals surface area (Å²) in [6.07, 6.45) is 5.46. The highest BCUT2D eigenvalue weighted by molar-refractivity contribution is 6.33. The van der Waals surface area contributed by atoms with E-state index in [0.717, 1.165) is 6.61 Å². The fourth-order valence-electron chi connectivity index (χ4n) is 1.26. The Kier molecular flexibility index (Phi) is 7.67. The molecule has 13 heavy (non-hydrogen) atoms. The number of hydrogen-bond donors (Lipinski definition) is 0. The van der Waals surface area contributed by atoms with Gasteiger partial charge in [0, 0.05) is 16.1 Å². The van der Waals surface area contributed by atoms with Crippen LogP contribution in [0.1, 0.15) is 46.5 Å². The lowest BCUT2D eigenvalue weighted by Crippen LogP contribution is -2.19. The second-order valence-electron chi connectivity index (χ2n) is 4.73. The molecule has 0 bridgehead atoms. The zero-order valence-corrected chi connectivity index (χ0v) is 11.3. The van der Waals surface area contributed by atoms with E-state index >= 15 is 0 Å². The monoisotopic (exact) mass is 202 g/mol. The molecule has 0 saturated heterocycles. The van der Waals surface area contributed by atoms with Crippen molar-refractivity contribution in [3.8, 4) is 0 Å². The van der Waals surface area contributed by atoms with Gasteiger partial charge in [-0.1, -0.05) is 31.9 Å². The second kappa shape index (κ2) is 7.57. The Hall–Kier alpha value is 0.177. The molecule has 0 rings (SSSR count). The van der Waals surface area contributed by atoms with Crippen LogP contribution >= 0.6 is 0 Å². The Morgan fingerprint density at radius 1 is 1.00 bits per heavy atom. The summed E-state index contributed by atoms with van der Waals surface area (Å²) in [6, 6.07) is 1.53. The van der Waals surface area contributed by atoms with E-state index in [1.165, 1.54) is 31.7 Å². The van der Waals surface area contributed by atoms with Crippen molar-refractivity contribution in [3.63, 3.8) is 0 Å². The maximum Gasteiger partial charge on any atom is 0.0598 e. The number of unbranched alkanes of at least 4 members (excludes halogenated alkanes) is 3. The first-order valence-corrected chi connectivity index (χ1v) is 8.11. The fraction of sp³-hybridized carbons (Fsp3) is 1.00. The predicted molar refractivity (Wildman–Crippen MR) is 63.4 cm³/mol. The Bertz CT molecular complexity index is 107. The van der Waals surface area contributed by atoms with Crippen LogP contribution in [0.2, 0.25) is 12.6 Å². The molecular weight excluding hydrogens is 176 g/mol. The van der Waals surface area contributed by atoms with Gasteiger partial charge >= 0.3 is 0 Å². The van der Waals surface area contributed by atoms with Crippen LogP contribution in [0.5, 0.6) is 0 Å². The molecule has 0 N–H and O–H groups in total. The van der Waals surface area contributed by atoms with Crippen molar-refractivity contribution in [2.45, 2.75) is 64.6 Å². The molecule has 0 heterocycles. The SMILES string of the molecule is C[SiH2]CCCCCCOC(C)(C)C. The summed E-state index contributed by atoms with van der Waals surface area (Å²) in [7, 11) is 0.321. The van der Waals surface area contributed by atoms with Crippen molar-refractivity contribution in [2.75, 3.05) is 6.61 Å². The van der Waals surface area contributed by atoms with Crippen LogP contribution < -0.4 is 0 Å². The molecule has 0 fully saturated rings. The van der Waals surface area contributed by atoms with Gasteiger partial charge in [-0.05, 0) is 27.2 Å². The van der Waals surface area contributed by atoms with Gasteiger partial charge < -0.3 is 4.74 Å². The van der Waals surface area contributed by atoms with Crippen molar-refractivity contribution in [2.24, 2.45) is 0 Å². The van der Waals surface area contributed by atoms with Gasteiger partial charge in [0.25, 0.3) is 0 Å². The van der Waals surface area contributed by atoms with Crippen molar-refractivity contribution in [3.05, 3.63) is 0 Å². The van der Waals surface area contributed by atoms with Crippen LogP contribution in [0.15, 0.2) is 0 Å². The van der Waals surface area contributed by atoms with Gasteiger partial charge in [-0.2, -0.15) is 0 Å². The highest BCUT2D eigenvalue weighted by atomic mass is 28.2. The minimum absolute atomic E-state index is 0.0519. The topological polar surface area (TPSA) is 9.23 Å². The van der Waals surface area contributed by atoms with Crippen LogP contribution in [0.4, 0.5) is 0 Å². The summed E-state index contributed by atoms with van der Waals surface area (Å²) in [6.45, 7) is 9.69. The first-order valence-electron chi connectivity index (χ1n) is 5.70. The van der Waals surface area contributed by atoms with Crippen molar-refractivity contribution in [1.29, 1.82) is 0 Å².